The average molecular weight is 472 g/mol. The van der Waals surface area contributed by atoms with Crippen molar-refractivity contribution in [2.45, 2.75) is 18.9 Å². The van der Waals surface area contributed by atoms with Crippen LogP contribution < -0.4 is 9.64 Å². The molecule has 0 bridgehead atoms. The first-order valence-corrected chi connectivity index (χ1v) is 12.0. The number of nitrogens with zero attached hydrogens (tertiary/aromatic N) is 3. The molecule has 0 aromatic heterocycles. The number of halogens is 1. The number of hydrogen-bond acceptors (Lipinski definition) is 5. The fourth-order valence-corrected chi connectivity index (χ4v) is 5.39. The molecule has 34 heavy (non-hydrogen) atoms. The van der Waals surface area contributed by atoms with Gasteiger partial charge < -0.3 is 9.64 Å². The molecule has 1 saturated heterocycles. The number of benzene rings is 3. The maximum Gasteiger partial charge on any atom is 0.229 e. The highest BCUT2D eigenvalue weighted by molar-refractivity contribution is 8.03. The number of thioether (sulfide) groups is 1. The minimum Gasteiger partial charge on any atom is -0.489 e. The Morgan fingerprint density at radius 1 is 1.06 bits per heavy atom. The number of hydrogen-bond donors (Lipinski definition) is 0. The summed E-state index contributed by atoms with van der Waals surface area (Å²) < 4.78 is 19.3. The van der Waals surface area contributed by atoms with Crippen LogP contribution in [0.5, 0.6) is 5.75 Å². The molecule has 0 radical (unpaired) electrons. The van der Waals surface area contributed by atoms with Crippen molar-refractivity contribution in [2.24, 2.45) is 0 Å². The lowest BCUT2D eigenvalue weighted by Gasteiger charge is -2.42. The van der Waals surface area contributed by atoms with Gasteiger partial charge in [0.2, 0.25) is 5.91 Å². The van der Waals surface area contributed by atoms with E-state index < -0.39 is 0 Å². The number of anilines is 1. The summed E-state index contributed by atoms with van der Waals surface area (Å²) in [6.45, 7) is 0.786. The summed E-state index contributed by atoms with van der Waals surface area (Å²) in [5.74, 6) is 0.635. The van der Waals surface area contributed by atoms with E-state index in [-0.39, 0.29) is 24.1 Å². The fourth-order valence-electron chi connectivity index (χ4n) is 4.22. The summed E-state index contributed by atoms with van der Waals surface area (Å²) in [5.41, 5.74) is 3.40. The summed E-state index contributed by atoms with van der Waals surface area (Å²) >= 11 is 1.46. The lowest BCUT2D eigenvalue weighted by atomic mass is 9.86. The van der Waals surface area contributed by atoms with E-state index in [0.29, 0.717) is 35.5 Å². The van der Waals surface area contributed by atoms with Gasteiger partial charge in [-0.3, -0.25) is 9.69 Å². The van der Waals surface area contributed by atoms with Crippen LogP contribution in [0.3, 0.4) is 0 Å². The Kier molecular flexibility index (Phi) is 6.24. The highest BCUT2D eigenvalue weighted by atomic mass is 32.2. The van der Waals surface area contributed by atoms with Gasteiger partial charge in [0.15, 0.2) is 0 Å². The smallest absolute Gasteiger partial charge is 0.229 e. The van der Waals surface area contributed by atoms with Gasteiger partial charge in [-0.05, 0) is 47.5 Å². The van der Waals surface area contributed by atoms with Gasteiger partial charge in [0.25, 0.3) is 0 Å². The number of nitriles is 1. The Morgan fingerprint density at radius 2 is 1.85 bits per heavy atom. The normalized spacial score (nSPS) is 17.9. The number of amides is 1. The average Bonchev–Trinajstić information content (AvgIpc) is 2.88. The minimum absolute atomic E-state index is 0.0334. The highest BCUT2D eigenvalue weighted by Crippen LogP contribution is 2.43. The first-order chi connectivity index (χ1) is 16.6. The lowest BCUT2D eigenvalue weighted by Crippen LogP contribution is -2.47. The predicted octanol–water partition coefficient (Wildman–Crippen LogP) is 5.62. The number of ether oxygens (including phenoxy) is 1. The van der Waals surface area contributed by atoms with Gasteiger partial charge in [-0.1, -0.05) is 54.2 Å². The van der Waals surface area contributed by atoms with Crippen molar-refractivity contribution in [3.05, 3.63) is 106 Å². The molecule has 2 aliphatic rings. The SMILES string of the molecule is N#CC1=C2SCN(c3ccc(F)cc3)CN2C(=O)CC1c1cccc(OCc2ccccc2)c1. The summed E-state index contributed by atoms with van der Waals surface area (Å²) in [6.07, 6.45) is 0.215. The molecule has 1 atom stereocenters. The van der Waals surface area contributed by atoms with Crippen LogP contribution in [0, 0.1) is 17.1 Å². The third kappa shape index (κ3) is 4.50. The molecule has 0 spiro atoms. The molecule has 1 amide bonds. The predicted molar refractivity (Wildman–Crippen MR) is 130 cm³/mol. The van der Waals surface area contributed by atoms with Gasteiger partial charge in [0.05, 0.1) is 29.2 Å². The second-order valence-corrected chi connectivity index (χ2v) is 9.12. The Balaban J connectivity index is 1.37. The van der Waals surface area contributed by atoms with Crippen molar-refractivity contribution >= 4 is 23.4 Å². The standard InChI is InChI=1S/C27H22FN3O2S/c28-21-9-11-22(12-10-21)30-17-31-26(32)14-24(25(15-29)27(31)34-18-30)20-7-4-8-23(13-20)33-16-19-5-2-1-3-6-19/h1-13,24H,14,16-18H2. The zero-order valence-corrected chi connectivity index (χ0v) is 19.2. The monoisotopic (exact) mass is 471 g/mol. The molecule has 2 heterocycles. The second-order valence-electron chi connectivity index (χ2n) is 8.19. The molecule has 1 unspecified atom stereocenters. The zero-order valence-electron chi connectivity index (χ0n) is 18.4. The van der Waals surface area contributed by atoms with Crippen LogP contribution in [-0.2, 0) is 11.4 Å². The van der Waals surface area contributed by atoms with E-state index >= 15 is 0 Å². The molecule has 170 valence electrons. The Bertz CT molecular complexity index is 1270. The molecule has 3 aromatic carbocycles. The fraction of sp³-hybridized carbons (Fsp3) is 0.185. The Morgan fingerprint density at radius 3 is 2.62 bits per heavy atom. The van der Waals surface area contributed by atoms with Gasteiger partial charge >= 0.3 is 0 Å². The highest BCUT2D eigenvalue weighted by Gasteiger charge is 2.38. The van der Waals surface area contributed by atoms with Gasteiger partial charge in [-0.25, -0.2) is 4.39 Å². The van der Waals surface area contributed by atoms with Crippen molar-refractivity contribution < 1.29 is 13.9 Å². The van der Waals surface area contributed by atoms with Crippen LogP contribution in [0.4, 0.5) is 10.1 Å². The van der Waals surface area contributed by atoms with E-state index in [9.17, 15) is 14.4 Å². The van der Waals surface area contributed by atoms with Gasteiger partial charge in [0, 0.05) is 18.0 Å². The molecule has 0 aliphatic carbocycles. The molecule has 0 saturated carbocycles. The van der Waals surface area contributed by atoms with Crippen molar-refractivity contribution in [2.75, 3.05) is 17.4 Å². The van der Waals surface area contributed by atoms with Gasteiger partial charge in [-0.2, -0.15) is 5.26 Å². The van der Waals surface area contributed by atoms with E-state index in [4.69, 9.17) is 4.74 Å². The molecular formula is C27H22FN3O2S. The van der Waals surface area contributed by atoms with Crippen LogP contribution in [0.25, 0.3) is 0 Å². The molecule has 3 aromatic rings. The summed E-state index contributed by atoms with van der Waals surface area (Å²) in [5, 5.41) is 10.7. The lowest BCUT2D eigenvalue weighted by molar-refractivity contribution is -0.129. The van der Waals surface area contributed by atoms with E-state index in [0.717, 1.165) is 16.8 Å². The maximum atomic E-state index is 13.3. The number of allylic oxidation sites excluding steroid dienone is 1. The van der Waals surface area contributed by atoms with Crippen molar-refractivity contribution in [1.82, 2.24) is 4.90 Å². The first kappa shape index (κ1) is 22.1. The molecule has 1 fully saturated rings. The second kappa shape index (κ2) is 9.62. The van der Waals surface area contributed by atoms with Crippen LogP contribution in [0.15, 0.2) is 89.5 Å². The van der Waals surface area contributed by atoms with Crippen LogP contribution >= 0.6 is 11.8 Å². The quantitative estimate of drug-likeness (QED) is 0.483. The van der Waals surface area contributed by atoms with Crippen LogP contribution in [0.1, 0.15) is 23.5 Å². The summed E-state index contributed by atoms with van der Waals surface area (Å²) in [6, 6.07) is 26.2. The number of carbonyl (C=O) groups excluding carboxylic acids is 1. The summed E-state index contributed by atoms with van der Waals surface area (Å²) in [4.78, 5) is 16.8. The largest absolute Gasteiger partial charge is 0.489 e. The molecule has 0 N–H and O–H groups in total. The number of carbonyl (C=O) groups is 1. The molecule has 5 rings (SSSR count). The van der Waals surface area contributed by atoms with Crippen LogP contribution in [0.2, 0.25) is 0 Å². The van der Waals surface area contributed by atoms with E-state index in [1.807, 2.05) is 59.5 Å². The zero-order chi connectivity index (χ0) is 23.5. The minimum atomic E-state index is -0.311. The topological polar surface area (TPSA) is 56.6 Å². The van der Waals surface area contributed by atoms with Gasteiger partial charge in [-0.15, -0.1) is 0 Å². The van der Waals surface area contributed by atoms with E-state index in [2.05, 4.69) is 6.07 Å². The molecular weight excluding hydrogens is 449 g/mol. The first-order valence-electron chi connectivity index (χ1n) is 11.0. The number of fused-ring (bicyclic) bond motifs is 1. The maximum absolute atomic E-state index is 13.3. The van der Waals surface area contributed by atoms with Crippen molar-refractivity contribution in [1.29, 1.82) is 5.26 Å². The molecule has 5 nitrogen and oxygen atoms in total. The Labute approximate surface area is 202 Å². The van der Waals surface area contributed by atoms with Crippen molar-refractivity contribution in [3.8, 4) is 11.8 Å². The van der Waals surface area contributed by atoms with Crippen molar-refractivity contribution in [3.63, 3.8) is 0 Å². The third-order valence-electron chi connectivity index (χ3n) is 5.99. The van der Waals surface area contributed by atoms with E-state index in [1.165, 1.54) is 23.9 Å². The Hall–Kier alpha value is -3.76. The number of rotatable bonds is 5. The van der Waals surface area contributed by atoms with Crippen LogP contribution in [-0.4, -0.2) is 23.4 Å². The van der Waals surface area contributed by atoms with Gasteiger partial charge in [0.1, 0.15) is 18.2 Å². The van der Waals surface area contributed by atoms with E-state index in [1.54, 1.807) is 17.0 Å². The summed E-state index contributed by atoms with van der Waals surface area (Å²) in [7, 11) is 0. The molecule has 7 heteroatoms. The molecule has 2 aliphatic heterocycles. The third-order valence-corrected chi connectivity index (χ3v) is 7.15.